The minimum absolute atomic E-state index is 0.102. The van der Waals surface area contributed by atoms with E-state index in [0.717, 1.165) is 16.9 Å². The number of nitrogens with zero attached hydrogens (tertiary/aromatic N) is 2. The summed E-state index contributed by atoms with van der Waals surface area (Å²) in [6, 6.07) is 15.0. The first-order valence-electron chi connectivity index (χ1n) is 7.68. The van der Waals surface area contributed by atoms with Gasteiger partial charge in [0, 0.05) is 38.1 Å². The first kappa shape index (κ1) is 15.8. The van der Waals surface area contributed by atoms with Crippen LogP contribution in [0.4, 0.5) is 5.69 Å². The van der Waals surface area contributed by atoms with E-state index in [4.69, 9.17) is 4.42 Å². The summed E-state index contributed by atoms with van der Waals surface area (Å²) in [7, 11) is 3.90. The Kier molecular flexibility index (Phi) is 4.61. The summed E-state index contributed by atoms with van der Waals surface area (Å²) in [5, 5.41) is 2.94. The minimum atomic E-state index is -0.102. The number of pyridine rings is 1. The molecule has 1 amide bonds. The molecule has 2 aromatic heterocycles. The largest absolute Gasteiger partial charge is 0.463 e. The zero-order valence-electron chi connectivity index (χ0n) is 13.7. The molecule has 122 valence electrons. The van der Waals surface area contributed by atoms with Gasteiger partial charge in [0.1, 0.15) is 5.69 Å². The van der Waals surface area contributed by atoms with E-state index in [-0.39, 0.29) is 5.91 Å². The van der Waals surface area contributed by atoms with Crippen LogP contribution in [0, 0.1) is 0 Å². The molecule has 0 bridgehead atoms. The van der Waals surface area contributed by atoms with Crippen molar-refractivity contribution in [2.45, 2.75) is 6.54 Å². The summed E-state index contributed by atoms with van der Waals surface area (Å²) in [4.78, 5) is 18.6. The second kappa shape index (κ2) is 7.00. The lowest BCUT2D eigenvalue weighted by molar-refractivity contribution is 0.0951. The van der Waals surface area contributed by atoms with Gasteiger partial charge in [0.05, 0.1) is 6.26 Å². The van der Waals surface area contributed by atoms with Crippen molar-refractivity contribution in [3.05, 3.63) is 72.1 Å². The van der Waals surface area contributed by atoms with Crippen LogP contribution in [0.25, 0.3) is 11.5 Å². The normalized spacial score (nSPS) is 10.4. The third-order valence-electron chi connectivity index (χ3n) is 3.68. The lowest BCUT2D eigenvalue weighted by Gasteiger charge is -2.13. The van der Waals surface area contributed by atoms with E-state index in [0.29, 0.717) is 17.9 Å². The molecule has 2 heterocycles. The van der Waals surface area contributed by atoms with Crippen LogP contribution in [-0.4, -0.2) is 25.0 Å². The van der Waals surface area contributed by atoms with Gasteiger partial charge in [-0.25, -0.2) is 0 Å². The molecule has 0 spiro atoms. The number of hydrogen-bond acceptors (Lipinski definition) is 4. The Balaban J connectivity index is 1.68. The third kappa shape index (κ3) is 3.63. The topological polar surface area (TPSA) is 58.4 Å². The smallest absolute Gasteiger partial charge is 0.251 e. The average Bonchev–Trinajstić information content (AvgIpc) is 3.15. The molecule has 0 fully saturated rings. The van der Waals surface area contributed by atoms with Crippen molar-refractivity contribution in [3.63, 3.8) is 0 Å². The van der Waals surface area contributed by atoms with Crippen molar-refractivity contribution in [3.8, 4) is 11.5 Å². The Morgan fingerprint density at radius 3 is 2.79 bits per heavy atom. The quantitative estimate of drug-likeness (QED) is 0.783. The molecule has 0 atom stereocenters. The number of nitrogens with one attached hydrogen (secondary N) is 1. The van der Waals surface area contributed by atoms with Crippen LogP contribution in [0.1, 0.15) is 15.9 Å². The molecule has 3 aromatic rings. The predicted octanol–water partition coefficient (Wildman–Crippen LogP) is 3.34. The van der Waals surface area contributed by atoms with Gasteiger partial charge in [0.15, 0.2) is 5.76 Å². The zero-order chi connectivity index (χ0) is 16.9. The van der Waals surface area contributed by atoms with Gasteiger partial charge in [-0.1, -0.05) is 6.07 Å². The van der Waals surface area contributed by atoms with Crippen molar-refractivity contribution in [1.82, 2.24) is 10.3 Å². The van der Waals surface area contributed by atoms with Gasteiger partial charge in [-0.3, -0.25) is 9.78 Å². The van der Waals surface area contributed by atoms with Crippen molar-refractivity contribution < 1.29 is 9.21 Å². The van der Waals surface area contributed by atoms with Crippen LogP contribution in [0.3, 0.4) is 0 Å². The van der Waals surface area contributed by atoms with Crippen molar-refractivity contribution in [1.29, 1.82) is 0 Å². The maximum atomic E-state index is 12.3. The van der Waals surface area contributed by atoms with Crippen LogP contribution in [0.2, 0.25) is 0 Å². The fourth-order valence-electron chi connectivity index (χ4n) is 2.35. The number of carbonyl (C=O) groups is 1. The summed E-state index contributed by atoms with van der Waals surface area (Å²) in [6.07, 6.45) is 3.33. The Morgan fingerprint density at radius 1 is 1.17 bits per heavy atom. The van der Waals surface area contributed by atoms with Crippen molar-refractivity contribution in [2.75, 3.05) is 19.0 Å². The van der Waals surface area contributed by atoms with Gasteiger partial charge in [-0.2, -0.15) is 0 Å². The predicted molar refractivity (Wildman–Crippen MR) is 93.9 cm³/mol. The van der Waals surface area contributed by atoms with E-state index in [9.17, 15) is 4.79 Å². The van der Waals surface area contributed by atoms with E-state index in [2.05, 4.69) is 10.3 Å². The molecule has 1 N–H and O–H groups in total. The highest BCUT2D eigenvalue weighted by atomic mass is 16.3. The van der Waals surface area contributed by atoms with Crippen LogP contribution in [0.15, 0.2) is 65.4 Å². The van der Waals surface area contributed by atoms with E-state index in [1.54, 1.807) is 12.5 Å². The van der Waals surface area contributed by atoms with E-state index in [1.807, 2.05) is 67.5 Å². The van der Waals surface area contributed by atoms with Gasteiger partial charge < -0.3 is 14.6 Å². The van der Waals surface area contributed by atoms with Gasteiger partial charge in [0.25, 0.3) is 5.91 Å². The standard InChI is InChI=1S/C19H19N3O2/c1-22(2)16-6-3-5-15(12-16)19(23)21-13-14-8-9-20-17(11-14)18-7-4-10-24-18/h3-12H,13H2,1-2H3,(H,21,23). The second-order valence-corrected chi connectivity index (χ2v) is 5.65. The molecule has 0 radical (unpaired) electrons. The van der Waals surface area contributed by atoms with E-state index < -0.39 is 0 Å². The lowest BCUT2D eigenvalue weighted by atomic mass is 10.1. The van der Waals surface area contributed by atoms with Gasteiger partial charge in [-0.15, -0.1) is 0 Å². The van der Waals surface area contributed by atoms with Crippen LogP contribution >= 0.6 is 0 Å². The van der Waals surface area contributed by atoms with E-state index in [1.165, 1.54) is 0 Å². The van der Waals surface area contributed by atoms with Crippen LogP contribution in [0.5, 0.6) is 0 Å². The highest BCUT2D eigenvalue weighted by molar-refractivity contribution is 5.95. The number of aromatic nitrogens is 1. The fraction of sp³-hybridized carbons (Fsp3) is 0.158. The number of benzene rings is 1. The molecule has 0 unspecified atom stereocenters. The summed E-state index contributed by atoms with van der Waals surface area (Å²) < 4.78 is 5.35. The number of furan rings is 1. The molecule has 0 aliphatic heterocycles. The molecule has 0 saturated carbocycles. The Bertz CT molecular complexity index is 826. The number of hydrogen-bond donors (Lipinski definition) is 1. The van der Waals surface area contributed by atoms with Crippen molar-refractivity contribution in [2.24, 2.45) is 0 Å². The van der Waals surface area contributed by atoms with Gasteiger partial charge in [-0.05, 0) is 48.0 Å². The van der Waals surface area contributed by atoms with E-state index >= 15 is 0 Å². The SMILES string of the molecule is CN(C)c1cccc(C(=O)NCc2ccnc(-c3ccco3)c2)c1. The van der Waals surface area contributed by atoms with Gasteiger partial charge >= 0.3 is 0 Å². The Morgan fingerprint density at radius 2 is 2.04 bits per heavy atom. The average molecular weight is 321 g/mol. The summed E-state index contributed by atoms with van der Waals surface area (Å²) >= 11 is 0. The number of carbonyl (C=O) groups excluding carboxylic acids is 1. The molecular weight excluding hydrogens is 302 g/mol. The molecule has 3 rings (SSSR count). The molecular formula is C19H19N3O2. The zero-order valence-corrected chi connectivity index (χ0v) is 13.7. The second-order valence-electron chi connectivity index (χ2n) is 5.65. The maximum Gasteiger partial charge on any atom is 0.251 e. The molecule has 5 heteroatoms. The number of anilines is 1. The third-order valence-corrected chi connectivity index (χ3v) is 3.68. The molecule has 5 nitrogen and oxygen atoms in total. The first-order valence-corrected chi connectivity index (χ1v) is 7.68. The maximum absolute atomic E-state index is 12.3. The molecule has 1 aromatic carbocycles. The molecule has 24 heavy (non-hydrogen) atoms. The van der Waals surface area contributed by atoms with Gasteiger partial charge in [0.2, 0.25) is 0 Å². The molecule has 0 aliphatic rings. The Hall–Kier alpha value is -3.08. The first-order chi connectivity index (χ1) is 11.6. The molecule has 0 saturated heterocycles. The Labute approximate surface area is 140 Å². The highest BCUT2D eigenvalue weighted by Gasteiger charge is 2.08. The molecule has 0 aliphatic carbocycles. The van der Waals surface area contributed by atoms with Crippen LogP contribution < -0.4 is 10.2 Å². The summed E-state index contributed by atoms with van der Waals surface area (Å²) in [5.74, 6) is 0.608. The fourth-order valence-corrected chi connectivity index (χ4v) is 2.35. The van der Waals surface area contributed by atoms with Crippen molar-refractivity contribution >= 4 is 11.6 Å². The summed E-state index contributed by atoms with van der Waals surface area (Å²) in [5.41, 5.74) is 3.35. The lowest BCUT2D eigenvalue weighted by Crippen LogP contribution is -2.23. The monoisotopic (exact) mass is 321 g/mol. The number of amides is 1. The van der Waals surface area contributed by atoms with Crippen LogP contribution in [-0.2, 0) is 6.54 Å². The minimum Gasteiger partial charge on any atom is -0.463 e. The highest BCUT2D eigenvalue weighted by Crippen LogP contribution is 2.18. The number of rotatable bonds is 5. The summed E-state index contributed by atoms with van der Waals surface area (Å²) in [6.45, 7) is 0.432.